The minimum absolute atomic E-state index is 0.0412. The minimum atomic E-state index is -3.83. The molecule has 0 aliphatic heterocycles. The van der Waals surface area contributed by atoms with Gasteiger partial charge in [-0.3, -0.25) is 19.6 Å². The fraction of sp³-hybridized carbons (Fsp3) is 0.0714. The predicted octanol–water partition coefficient (Wildman–Crippen LogP) is 1.53. The Morgan fingerprint density at radius 2 is 1.83 bits per heavy atom. The molecule has 8 nitrogen and oxygen atoms in total. The van der Waals surface area contributed by atoms with Crippen LogP contribution in [0.5, 0.6) is 0 Å². The van der Waals surface area contributed by atoms with Crippen molar-refractivity contribution in [2.24, 2.45) is 0 Å². The summed E-state index contributed by atoms with van der Waals surface area (Å²) in [5, 5.41) is 10.4. The van der Waals surface area contributed by atoms with E-state index in [1.54, 1.807) is 18.2 Å². The van der Waals surface area contributed by atoms with Crippen molar-refractivity contribution in [3.05, 3.63) is 64.2 Å². The molecule has 0 saturated carbocycles. The first-order valence-electron chi connectivity index (χ1n) is 6.42. The second-order valence-corrected chi connectivity index (χ2v) is 6.32. The van der Waals surface area contributed by atoms with Gasteiger partial charge in [-0.15, -0.1) is 0 Å². The van der Waals surface area contributed by atoms with Crippen LogP contribution in [0.1, 0.15) is 10.4 Å². The number of ketones is 1. The van der Waals surface area contributed by atoms with Crippen molar-refractivity contribution in [1.29, 1.82) is 0 Å². The quantitative estimate of drug-likeness (QED) is 0.356. The van der Waals surface area contributed by atoms with Gasteiger partial charge in [-0.2, -0.15) is 0 Å². The highest BCUT2D eigenvalue weighted by Crippen LogP contribution is 2.21. The molecule has 0 aliphatic carbocycles. The fourth-order valence-electron chi connectivity index (χ4n) is 1.88. The molecule has 0 heterocycles. The molecule has 9 heteroatoms. The van der Waals surface area contributed by atoms with Crippen molar-refractivity contribution in [2.75, 3.05) is 17.0 Å². The number of anilines is 2. The molecule has 0 amide bonds. The first-order valence-corrected chi connectivity index (χ1v) is 7.90. The van der Waals surface area contributed by atoms with Crippen LogP contribution in [-0.4, -0.2) is 25.7 Å². The number of rotatable bonds is 6. The van der Waals surface area contributed by atoms with E-state index in [2.05, 4.69) is 4.72 Å². The number of nitrogens with one attached hydrogen (secondary N) is 1. The molecule has 0 bridgehead atoms. The Hall–Kier alpha value is -2.94. The van der Waals surface area contributed by atoms with E-state index < -0.39 is 27.3 Å². The first kappa shape index (κ1) is 16.4. The monoisotopic (exact) mass is 335 g/mol. The second-order valence-electron chi connectivity index (χ2n) is 4.63. The van der Waals surface area contributed by atoms with Crippen LogP contribution in [0.4, 0.5) is 11.4 Å². The normalized spacial score (nSPS) is 11.0. The van der Waals surface area contributed by atoms with Gasteiger partial charge in [-0.05, 0) is 30.3 Å². The highest BCUT2D eigenvalue weighted by Gasteiger charge is 2.18. The van der Waals surface area contributed by atoms with Crippen molar-refractivity contribution >= 4 is 27.2 Å². The van der Waals surface area contributed by atoms with Crippen LogP contribution in [0.2, 0.25) is 0 Å². The third kappa shape index (κ3) is 4.04. The molecule has 0 unspecified atom stereocenters. The number of carbonyl (C=O) groups is 1. The number of nitrogens with zero attached hydrogens (tertiary/aromatic N) is 1. The Morgan fingerprint density at radius 3 is 2.43 bits per heavy atom. The lowest BCUT2D eigenvalue weighted by molar-refractivity contribution is -0.465. The third-order valence-corrected chi connectivity index (χ3v) is 4.33. The van der Waals surface area contributed by atoms with Crippen molar-refractivity contribution in [1.82, 2.24) is 0 Å². The van der Waals surface area contributed by atoms with Crippen molar-refractivity contribution in [3.8, 4) is 0 Å². The molecule has 2 rings (SSSR count). The molecular formula is C14H13N3O5S. The number of sulfonamides is 1. The summed E-state index contributed by atoms with van der Waals surface area (Å²) >= 11 is 0. The highest BCUT2D eigenvalue weighted by atomic mass is 32.2. The van der Waals surface area contributed by atoms with E-state index in [1.807, 2.05) is 0 Å². The molecule has 0 aromatic heterocycles. The van der Waals surface area contributed by atoms with Gasteiger partial charge in [-0.25, -0.2) is 8.42 Å². The summed E-state index contributed by atoms with van der Waals surface area (Å²) in [7, 11) is -3.83. The number of nitro groups is 1. The van der Waals surface area contributed by atoms with Gasteiger partial charge in [0.25, 0.3) is 16.6 Å². The van der Waals surface area contributed by atoms with Gasteiger partial charge in [0.15, 0.2) is 0 Å². The zero-order valence-electron chi connectivity index (χ0n) is 11.8. The van der Waals surface area contributed by atoms with Crippen LogP contribution in [0, 0.1) is 10.1 Å². The summed E-state index contributed by atoms with van der Waals surface area (Å²) in [6.45, 7) is -0.918. The van der Waals surface area contributed by atoms with Gasteiger partial charge in [0.1, 0.15) is 0 Å². The number of nitrogen functional groups attached to an aromatic ring is 1. The standard InChI is InChI=1S/C14H13N3O5S/c15-13-7-6-10(8-12(13)14(18)9-17(19)20)16-23(21,22)11-4-2-1-3-5-11/h1-8,16H,9,15H2. The number of Topliss-reactive ketones (excluding diaryl/α,β-unsaturated/α-hetero) is 1. The van der Waals surface area contributed by atoms with Gasteiger partial charge in [0.2, 0.25) is 5.78 Å². The number of hydrogen-bond acceptors (Lipinski definition) is 6. The number of nitrogens with two attached hydrogens (primary N) is 1. The Bertz CT molecular complexity index is 850. The van der Waals surface area contributed by atoms with E-state index in [4.69, 9.17) is 5.73 Å². The molecule has 0 spiro atoms. The summed E-state index contributed by atoms with van der Waals surface area (Å²) in [6.07, 6.45) is 0. The Labute approximate surface area is 132 Å². The van der Waals surface area contributed by atoms with Gasteiger partial charge in [0.05, 0.1) is 4.90 Å². The summed E-state index contributed by atoms with van der Waals surface area (Å²) in [5.41, 5.74) is 5.65. The highest BCUT2D eigenvalue weighted by molar-refractivity contribution is 7.92. The fourth-order valence-corrected chi connectivity index (χ4v) is 2.95. The SMILES string of the molecule is Nc1ccc(NS(=O)(=O)c2ccccc2)cc1C(=O)C[N+](=O)[O-]. The van der Waals surface area contributed by atoms with Crippen molar-refractivity contribution < 1.29 is 18.1 Å². The summed E-state index contributed by atoms with van der Waals surface area (Å²) in [4.78, 5) is 21.5. The van der Waals surface area contributed by atoms with Crippen LogP contribution < -0.4 is 10.5 Å². The number of carbonyl (C=O) groups excluding carboxylic acids is 1. The van der Waals surface area contributed by atoms with Gasteiger partial charge in [-0.1, -0.05) is 18.2 Å². The van der Waals surface area contributed by atoms with Gasteiger partial charge < -0.3 is 5.73 Å². The van der Waals surface area contributed by atoms with E-state index in [9.17, 15) is 23.3 Å². The third-order valence-electron chi connectivity index (χ3n) is 2.93. The van der Waals surface area contributed by atoms with Crippen LogP contribution in [0.3, 0.4) is 0 Å². The maximum atomic E-state index is 12.2. The Kier molecular flexibility index (Phi) is 4.60. The maximum absolute atomic E-state index is 12.2. The molecule has 23 heavy (non-hydrogen) atoms. The average Bonchev–Trinajstić information content (AvgIpc) is 2.49. The van der Waals surface area contributed by atoms with Crippen molar-refractivity contribution in [2.45, 2.75) is 4.90 Å². The van der Waals surface area contributed by atoms with E-state index >= 15 is 0 Å². The van der Waals surface area contributed by atoms with E-state index in [-0.39, 0.29) is 21.8 Å². The topological polar surface area (TPSA) is 132 Å². The lowest BCUT2D eigenvalue weighted by Crippen LogP contribution is -2.17. The smallest absolute Gasteiger partial charge is 0.265 e. The van der Waals surface area contributed by atoms with E-state index in [0.717, 1.165) is 0 Å². The number of hydrogen-bond donors (Lipinski definition) is 2. The molecule has 120 valence electrons. The molecule has 3 N–H and O–H groups in total. The zero-order chi connectivity index (χ0) is 17.0. The van der Waals surface area contributed by atoms with Crippen LogP contribution in [-0.2, 0) is 10.0 Å². The molecule has 0 radical (unpaired) electrons. The molecule has 2 aromatic carbocycles. The lowest BCUT2D eigenvalue weighted by Gasteiger charge is -2.10. The average molecular weight is 335 g/mol. The summed E-state index contributed by atoms with van der Waals surface area (Å²) in [5.74, 6) is -0.798. The van der Waals surface area contributed by atoms with Crippen LogP contribution >= 0.6 is 0 Å². The molecule has 2 aromatic rings. The molecule has 0 atom stereocenters. The van der Waals surface area contributed by atoms with Crippen LogP contribution in [0.25, 0.3) is 0 Å². The second kappa shape index (κ2) is 6.44. The maximum Gasteiger partial charge on any atom is 0.265 e. The van der Waals surface area contributed by atoms with Crippen molar-refractivity contribution in [3.63, 3.8) is 0 Å². The molecular weight excluding hydrogens is 322 g/mol. The lowest BCUT2D eigenvalue weighted by atomic mass is 10.1. The molecule has 0 saturated heterocycles. The first-order chi connectivity index (χ1) is 10.8. The molecule has 0 fully saturated rings. The van der Waals surface area contributed by atoms with Crippen LogP contribution in [0.15, 0.2) is 53.4 Å². The zero-order valence-corrected chi connectivity index (χ0v) is 12.6. The van der Waals surface area contributed by atoms with Gasteiger partial charge in [0, 0.05) is 21.9 Å². The number of benzene rings is 2. The minimum Gasteiger partial charge on any atom is -0.398 e. The summed E-state index contributed by atoms with van der Waals surface area (Å²) in [6, 6.07) is 11.5. The van der Waals surface area contributed by atoms with E-state index in [0.29, 0.717) is 0 Å². The van der Waals surface area contributed by atoms with Gasteiger partial charge >= 0.3 is 0 Å². The molecule has 0 aliphatic rings. The predicted molar refractivity (Wildman–Crippen MR) is 84.3 cm³/mol. The Morgan fingerprint density at radius 1 is 1.17 bits per heavy atom. The largest absolute Gasteiger partial charge is 0.398 e. The van der Waals surface area contributed by atoms with E-state index in [1.165, 1.54) is 30.3 Å². The Balaban J connectivity index is 2.31. The summed E-state index contributed by atoms with van der Waals surface area (Å²) < 4.78 is 26.7.